The van der Waals surface area contributed by atoms with Crippen LogP contribution < -0.4 is 19.6 Å². The summed E-state index contributed by atoms with van der Waals surface area (Å²) in [5, 5.41) is 14.4. The molecule has 0 unspecified atom stereocenters. The number of methoxy groups -OCH3 is 2. The number of hydrogen-bond acceptors (Lipinski definition) is 12. The van der Waals surface area contributed by atoms with Crippen LogP contribution in [-0.4, -0.2) is 134 Å². The van der Waals surface area contributed by atoms with Crippen LogP contribution in [0.15, 0.2) is 63.6 Å². The van der Waals surface area contributed by atoms with Crippen molar-refractivity contribution in [3.05, 3.63) is 75.8 Å². The van der Waals surface area contributed by atoms with Gasteiger partial charge in [-0.2, -0.15) is 0 Å². The summed E-state index contributed by atoms with van der Waals surface area (Å²) in [5.41, 5.74) is 2.76. The minimum Gasteiger partial charge on any atom is -0.497 e. The van der Waals surface area contributed by atoms with E-state index in [0.29, 0.717) is 59.0 Å². The molecule has 0 amide bonds. The summed E-state index contributed by atoms with van der Waals surface area (Å²) in [6.07, 6.45) is 8.45. The highest BCUT2D eigenvalue weighted by Gasteiger charge is 2.31. The molecule has 4 bridgehead atoms. The van der Waals surface area contributed by atoms with E-state index >= 15 is 0 Å². The van der Waals surface area contributed by atoms with Crippen LogP contribution in [0, 0.1) is 0 Å². The van der Waals surface area contributed by atoms with Gasteiger partial charge in [-0.3, -0.25) is 24.1 Å². The maximum absolute atomic E-state index is 12.8. The van der Waals surface area contributed by atoms with Crippen molar-refractivity contribution in [1.29, 1.82) is 0 Å². The number of hydrogen-bond donors (Lipinski definition) is 2. The molecule has 0 spiro atoms. The van der Waals surface area contributed by atoms with Gasteiger partial charge in [0.15, 0.2) is 11.2 Å². The monoisotopic (exact) mass is 720 g/mol. The first-order valence-electron chi connectivity index (χ1n) is 17.6. The van der Waals surface area contributed by atoms with E-state index in [-0.39, 0.29) is 24.2 Å². The number of piperidine rings is 2. The lowest BCUT2D eigenvalue weighted by atomic mass is 10.00. The molecule has 0 atom stereocenters. The third-order valence-electron chi connectivity index (χ3n) is 10.3. The number of benzene rings is 2. The largest absolute Gasteiger partial charge is 0.497 e. The van der Waals surface area contributed by atoms with Crippen LogP contribution in [-0.2, 0) is 16.1 Å². The molecule has 0 aliphatic carbocycles. The number of fused-ring (bicyclic) bond motifs is 10. The summed E-state index contributed by atoms with van der Waals surface area (Å²) in [6, 6.07) is 11.9. The van der Waals surface area contributed by atoms with E-state index in [1.807, 2.05) is 24.4 Å². The Morgan fingerprint density at radius 1 is 0.788 bits per heavy atom. The van der Waals surface area contributed by atoms with E-state index in [4.69, 9.17) is 38.4 Å². The molecule has 52 heavy (non-hydrogen) atoms. The lowest BCUT2D eigenvalue weighted by molar-refractivity contribution is -0.123. The summed E-state index contributed by atoms with van der Waals surface area (Å²) in [7, 11) is 3.21. The molecule has 6 fully saturated rings. The van der Waals surface area contributed by atoms with Crippen LogP contribution in [0.2, 0.25) is 0 Å². The fourth-order valence-corrected chi connectivity index (χ4v) is 7.49. The van der Waals surface area contributed by atoms with Crippen molar-refractivity contribution in [3.8, 4) is 17.2 Å². The molecule has 1 aromatic heterocycles. The Morgan fingerprint density at radius 3 is 2.04 bits per heavy atom. The number of carbonyl (C=O) groups is 3. The maximum atomic E-state index is 12.8. The van der Waals surface area contributed by atoms with Gasteiger partial charge in [-0.15, -0.1) is 0 Å². The second-order valence-electron chi connectivity index (χ2n) is 13.2. The van der Waals surface area contributed by atoms with Crippen LogP contribution in [0.5, 0.6) is 17.2 Å². The zero-order valence-corrected chi connectivity index (χ0v) is 29.8. The molecule has 14 nitrogen and oxygen atoms in total. The fourth-order valence-electron chi connectivity index (χ4n) is 7.49. The molecule has 3 aromatic rings. The summed E-state index contributed by atoms with van der Waals surface area (Å²) < 4.78 is 21.9. The normalized spacial score (nSPS) is 23.9. The molecular formula is C38H48N4O10. The maximum Gasteiger partial charge on any atom is 0.290 e. The minimum atomic E-state index is -0.250. The van der Waals surface area contributed by atoms with Crippen molar-refractivity contribution in [2.24, 2.45) is 0 Å². The van der Waals surface area contributed by atoms with Crippen molar-refractivity contribution in [1.82, 2.24) is 19.6 Å². The smallest absolute Gasteiger partial charge is 0.290 e. The van der Waals surface area contributed by atoms with Crippen LogP contribution in [0.3, 0.4) is 0 Å². The first-order valence-corrected chi connectivity index (χ1v) is 17.6. The van der Waals surface area contributed by atoms with E-state index < -0.39 is 0 Å². The van der Waals surface area contributed by atoms with Crippen molar-refractivity contribution in [3.63, 3.8) is 0 Å². The van der Waals surface area contributed by atoms with E-state index in [2.05, 4.69) is 19.6 Å². The molecule has 2 N–H and O–H groups in total. The quantitative estimate of drug-likeness (QED) is 0.291. The number of Topliss-reactive ketones (excluding diaryl/α,β-unsaturated/α-hetero) is 1. The van der Waals surface area contributed by atoms with Crippen LogP contribution >= 0.6 is 0 Å². The van der Waals surface area contributed by atoms with Crippen molar-refractivity contribution in [2.75, 3.05) is 73.2 Å². The third kappa shape index (κ3) is 9.29. The molecule has 0 radical (unpaired) electrons. The Balaban J connectivity index is 0.000000175. The zero-order chi connectivity index (χ0) is 37.0. The highest BCUT2D eigenvalue weighted by Crippen LogP contribution is 2.32. The van der Waals surface area contributed by atoms with Crippen LogP contribution in [0.25, 0.3) is 11.0 Å². The number of nitrogens with zero attached hydrogens (tertiary/aromatic N) is 4. The Hall–Kier alpha value is -4.92. The summed E-state index contributed by atoms with van der Waals surface area (Å²) in [6.45, 7) is 9.45. The predicted octanol–water partition coefficient (Wildman–Crippen LogP) is 3.42. The van der Waals surface area contributed by atoms with Crippen molar-refractivity contribution < 1.29 is 43.2 Å². The SMILES string of the molecule is COc1ccc2c(c1)C(=O)/C(=C/N1CCN3CCC1CC3)CO2.COc1ccc2occ(CN3CCN4CCC3CC4)c(=O)c2c1.O=CO.O=CO. The molecule has 8 heterocycles. The van der Waals surface area contributed by atoms with Gasteiger partial charge in [0.1, 0.15) is 29.4 Å². The first kappa shape index (κ1) is 38.3. The number of rotatable bonds is 5. The number of carbonyl (C=O) groups excluding carboxylic acids is 1. The highest BCUT2D eigenvalue weighted by atomic mass is 16.5. The number of ketones is 1. The number of ether oxygens (including phenoxy) is 3. The van der Waals surface area contributed by atoms with Gasteiger partial charge in [0, 0.05) is 69.7 Å². The molecule has 2 aromatic carbocycles. The van der Waals surface area contributed by atoms with Gasteiger partial charge in [0.2, 0.25) is 0 Å². The van der Waals surface area contributed by atoms with Gasteiger partial charge in [-0.05, 0) is 75.2 Å². The summed E-state index contributed by atoms with van der Waals surface area (Å²) >= 11 is 0. The molecule has 14 heteroatoms. The Labute approximate surface area is 302 Å². The van der Waals surface area contributed by atoms with Gasteiger partial charge in [0.05, 0.1) is 37.0 Å². The zero-order valence-electron chi connectivity index (χ0n) is 29.8. The first-order chi connectivity index (χ1) is 25.3. The van der Waals surface area contributed by atoms with Gasteiger partial charge < -0.3 is 43.5 Å². The summed E-state index contributed by atoms with van der Waals surface area (Å²) in [5.74, 6) is 2.08. The topological polar surface area (TPSA) is 163 Å². The fraction of sp³-hybridized carbons (Fsp3) is 0.474. The van der Waals surface area contributed by atoms with Crippen LogP contribution in [0.4, 0.5) is 0 Å². The summed E-state index contributed by atoms with van der Waals surface area (Å²) in [4.78, 5) is 52.2. The van der Waals surface area contributed by atoms with Crippen LogP contribution in [0.1, 0.15) is 41.6 Å². The van der Waals surface area contributed by atoms with Gasteiger partial charge in [0.25, 0.3) is 12.9 Å². The van der Waals surface area contributed by atoms with Gasteiger partial charge in [-0.1, -0.05) is 0 Å². The van der Waals surface area contributed by atoms with E-state index in [9.17, 15) is 9.59 Å². The lowest BCUT2D eigenvalue weighted by Gasteiger charge is -2.31. The molecule has 0 saturated carbocycles. The Morgan fingerprint density at radius 2 is 1.38 bits per heavy atom. The molecule has 6 saturated heterocycles. The minimum absolute atomic E-state index is 0.0595. The third-order valence-corrected chi connectivity index (χ3v) is 10.3. The van der Waals surface area contributed by atoms with Gasteiger partial charge >= 0.3 is 0 Å². The van der Waals surface area contributed by atoms with E-state index in [1.54, 1.807) is 38.7 Å². The molecule has 280 valence electrons. The average Bonchev–Trinajstić information content (AvgIpc) is 3.66. The van der Waals surface area contributed by atoms with E-state index in [0.717, 1.165) is 37.3 Å². The van der Waals surface area contributed by atoms with Crippen molar-refractivity contribution in [2.45, 2.75) is 44.3 Å². The number of carboxylic acid groups (broad SMARTS) is 2. The molecular weight excluding hydrogens is 672 g/mol. The molecule has 7 aliphatic heterocycles. The second-order valence-corrected chi connectivity index (χ2v) is 13.2. The van der Waals surface area contributed by atoms with Crippen molar-refractivity contribution >= 4 is 29.7 Å². The Bertz CT molecular complexity index is 1760. The average molecular weight is 721 g/mol. The lowest BCUT2D eigenvalue weighted by Crippen LogP contribution is -2.38. The molecule has 10 rings (SSSR count). The highest BCUT2D eigenvalue weighted by molar-refractivity contribution is 6.11. The Kier molecular flexibility index (Phi) is 13.7. The standard InChI is InChI=1S/2C18H22N2O3.2CH2O2/c2*1-22-15-2-3-17-16(10-15)18(21)13(12-23-17)11-20-9-8-19-6-4-14(20)5-7-19;2*2-1-3/h2-3,10,12,14H,4-9,11H2,1H3;2-3,10-11,14H,4-9,12H2,1H3;2*1H,(H,2,3)/b;13-11+;;. The second kappa shape index (κ2) is 18.5. The van der Waals surface area contributed by atoms with E-state index in [1.165, 1.54) is 51.9 Å². The predicted molar refractivity (Wildman–Crippen MR) is 193 cm³/mol. The van der Waals surface area contributed by atoms with Gasteiger partial charge in [-0.25, -0.2) is 0 Å². The molecule has 7 aliphatic rings.